The Bertz CT molecular complexity index is 600. The van der Waals surface area contributed by atoms with Crippen molar-refractivity contribution in [2.75, 3.05) is 17.7 Å². The van der Waals surface area contributed by atoms with E-state index < -0.39 is 0 Å². The van der Waals surface area contributed by atoms with Crippen molar-refractivity contribution in [1.82, 2.24) is 9.97 Å². The number of hydrogen-bond donors (Lipinski definition) is 1. The van der Waals surface area contributed by atoms with E-state index in [0.717, 1.165) is 17.1 Å². The van der Waals surface area contributed by atoms with Crippen LogP contribution in [0.25, 0.3) is 0 Å². The van der Waals surface area contributed by atoms with Crippen LogP contribution in [0.15, 0.2) is 24.5 Å². The van der Waals surface area contributed by atoms with E-state index in [4.69, 9.17) is 5.73 Å². The van der Waals surface area contributed by atoms with Crippen molar-refractivity contribution < 1.29 is 0 Å². The predicted octanol–water partition coefficient (Wildman–Crippen LogP) is 3.57. The molecule has 4 nitrogen and oxygen atoms in total. The minimum atomic E-state index is 0.277. The van der Waals surface area contributed by atoms with Crippen LogP contribution in [0, 0.1) is 13.8 Å². The van der Waals surface area contributed by atoms with E-state index in [0.29, 0.717) is 5.82 Å². The minimum Gasteiger partial charge on any atom is -0.383 e. The van der Waals surface area contributed by atoms with Gasteiger partial charge in [0.05, 0.1) is 0 Å². The van der Waals surface area contributed by atoms with E-state index in [1.54, 1.807) is 0 Å². The maximum atomic E-state index is 6.02. The van der Waals surface area contributed by atoms with Gasteiger partial charge in [0.25, 0.3) is 0 Å². The van der Waals surface area contributed by atoms with Gasteiger partial charge in [-0.05, 0) is 43.0 Å². The number of nitrogens with two attached hydrogens (primary N) is 1. The molecule has 1 aromatic heterocycles. The number of aromatic nitrogens is 2. The van der Waals surface area contributed by atoms with Crippen LogP contribution >= 0.6 is 0 Å². The first kappa shape index (κ1) is 14.3. The van der Waals surface area contributed by atoms with Gasteiger partial charge in [0.2, 0.25) is 0 Å². The second-order valence-electron chi connectivity index (χ2n) is 5.56. The van der Waals surface area contributed by atoms with Crippen LogP contribution in [0.3, 0.4) is 0 Å². The Morgan fingerprint density at radius 2 is 1.65 bits per heavy atom. The first-order valence-corrected chi connectivity index (χ1v) is 6.82. The number of nitrogens with zero attached hydrogens (tertiary/aromatic N) is 3. The molecule has 0 saturated heterocycles. The second kappa shape index (κ2) is 5.49. The fourth-order valence-electron chi connectivity index (χ4n) is 2.49. The number of anilines is 3. The molecule has 106 valence electrons. The summed E-state index contributed by atoms with van der Waals surface area (Å²) < 4.78 is 0. The summed E-state index contributed by atoms with van der Waals surface area (Å²) in [6, 6.07) is 6.46. The van der Waals surface area contributed by atoms with Gasteiger partial charge in [-0.15, -0.1) is 0 Å². The van der Waals surface area contributed by atoms with Gasteiger partial charge in [-0.3, -0.25) is 0 Å². The monoisotopic (exact) mass is 270 g/mol. The molecule has 0 amide bonds. The van der Waals surface area contributed by atoms with Gasteiger partial charge in [-0.25, -0.2) is 9.97 Å². The van der Waals surface area contributed by atoms with Crippen LogP contribution in [0.5, 0.6) is 0 Å². The third kappa shape index (κ3) is 2.74. The van der Waals surface area contributed by atoms with Crippen LogP contribution < -0.4 is 10.6 Å². The summed E-state index contributed by atoms with van der Waals surface area (Å²) in [5.74, 6) is 1.71. The maximum absolute atomic E-state index is 6.02. The van der Waals surface area contributed by atoms with Crippen LogP contribution in [-0.2, 0) is 0 Å². The molecule has 2 rings (SSSR count). The van der Waals surface area contributed by atoms with Crippen molar-refractivity contribution in [2.24, 2.45) is 0 Å². The molecule has 2 N–H and O–H groups in total. The lowest BCUT2D eigenvalue weighted by Gasteiger charge is -2.24. The molecule has 20 heavy (non-hydrogen) atoms. The van der Waals surface area contributed by atoms with E-state index in [2.05, 4.69) is 60.8 Å². The molecule has 0 spiro atoms. The molecule has 1 heterocycles. The largest absolute Gasteiger partial charge is 0.383 e. The van der Waals surface area contributed by atoms with Crippen molar-refractivity contribution in [2.45, 2.75) is 33.6 Å². The van der Waals surface area contributed by atoms with Crippen LogP contribution in [-0.4, -0.2) is 17.0 Å². The average Bonchev–Trinajstić information content (AvgIpc) is 2.35. The molecule has 0 atom stereocenters. The lowest BCUT2D eigenvalue weighted by molar-refractivity contribution is 0.844. The van der Waals surface area contributed by atoms with E-state index >= 15 is 0 Å². The third-order valence-corrected chi connectivity index (χ3v) is 3.38. The predicted molar refractivity (Wildman–Crippen MR) is 84.5 cm³/mol. The number of rotatable bonds is 3. The standard InChI is InChI=1S/C16H22N4/c1-10(2)14-15(17)18-9-19-16(14)20(5)13-7-11(3)6-12(4)8-13/h6-10H,1-5H3,(H2,17,18,19). The Morgan fingerprint density at radius 1 is 1.05 bits per heavy atom. The number of hydrogen-bond acceptors (Lipinski definition) is 4. The maximum Gasteiger partial charge on any atom is 0.141 e. The Morgan fingerprint density at radius 3 is 2.20 bits per heavy atom. The molecule has 1 aromatic carbocycles. The average molecular weight is 270 g/mol. The Balaban J connectivity index is 2.53. The summed E-state index contributed by atoms with van der Waals surface area (Å²) in [5, 5.41) is 0. The van der Waals surface area contributed by atoms with Crippen molar-refractivity contribution >= 4 is 17.3 Å². The normalized spacial score (nSPS) is 10.9. The van der Waals surface area contributed by atoms with Gasteiger partial charge in [0.1, 0.15) is 18.0 Å². The molecule has 0 fully saturated rings. The van der Waals surface area contributed by atoms with Gasteiger partial charge in [-0.2, -0.15) is 0 Å². The summed E-state index contributed by atoms with van der Waals surface area (Å²) in [4.78, 5) is 10.6. The van der Waals surface area contributed by atoms with Crippen molar-refractivity contribution in [3.8, 4) is 0 Å². The molecule has 0 saturated carbocycles. The second-order valence-corrected chi connectivity index (χ2v) is 5.56. The quantitative estimate of drug-likeness (QED) is 0.926. The highest BCUT2D eigenvalue weighted by molar-refractivity contribution is 5.67. The molecule has 0 bridgehead atoms. The molecule has 0 aliphatic carbocycles. The van der Waals surface area contributed by atoms with Gasteiger partial charge in [0.15, 0.2) is 0 Å². The molecular weight excluding hydrogens is 248 g/mol. The van der Waals surface area contributed by atoms with Gasteiger partial charge in [0, 0.05) is 18.3 Å². The summed E-state index contributed by atoms with van der Waals surface area (Å²) in [6.45, 7) is 8.41. The summed E-state index contributed by atoms with van der Waals surface area (Å²) in [7, 11) is 2.02. The first-order valence-electron chi connectivity index (χ1n) is 6.82. The van der Waals surface area contributed by atoms with E-state index in [-0.39, 0.29) is 5.92 Å². The van der Waals surface area contributed by atoms with Gasteiger partial charge < -0.3 is 10.6 Å². The molecule has 0 unspecified atom stereocenters. The summed E-state index contributed by atoms with van der Waals surface area (Å²) in [6.07, 6.45) is 1.52. The van der Waals surface area contributed by atoms with Crippen LogP contribution in [0.4, 0.5) is 17.3 Å². The van der Waals surface area contributed by atoms with E-state index in [1.807, 2.05) is 7.05 Å². The Labute approximate surface area is 120 Å². The Kier molecular flexibility index (Phi) is 3.93. The van der Waals surface area contributed by atoms with Crippen molar-refractivity contribution in [3.63, 3.8) is 0 Å². The fourth-order valence-corrected chi connectivity index (χ4v) is 2.49. The lowest BCUT2D eigenvalue weighted by Crippen LogP contribution is -2.16. The van der Waals surface area contributed by atoms with Gasteiger partial charge >= 0.3 is 0 Å². The highest BCUT2D eigenvalue weighted by Gasteiger charge is 2.17. The summed E-state index contributed by atoms with van der Waals surface area (Å²) in [5.41, 5.74) is 10.6. The molecule has 0 radical (unpaired) electrons. The topological polar surface area (TPSA) is 55.0 Å². The summed E-state index contributed by atoms with van der Waals surface area (Å²) >= 11 is 0. The van der Waals surface area contributed by atoms with Gasteiger partial charge in [-0.1, -0.05) is 19.9 Å². The minimum absolute atomic E-state index is 0.277. The van der Waals surface area contributed by atoms with Crippen molar-refractivity contribution in [1.29, 1.82) is 0 Å². The molecule has 4 heteroatoms. The SMILES string of the molecule is Cc1cc(C)cc(N(C)c2ncnc(N)c2C(C)C)c1. The van der Waals surface area contributed by atoms with E-state index in [1.165, 1.54) is 17.5 Å². The molecule has 0 aliphatic rings. The zero-order valence-electron chi connectivity index (χ0n) is 12.8. The van der Waals surface area contributed by atoms with Crippen LogP contribution in [0.2, 0.25) is 0 Å². The van der Waals surface area contributed by atoms with Crippen molar-refractivity contribution in [3.05, 3.63) is 41.2 Å². The lowest BCUT2D eigenvalue weighted by atomic mass is 10.0. The molecule has 0 aliphatic heterocycles. The van der Waals surface area contributed by atoms with E-state index in [9.17, 15) is 0 Å². The third-order valence-electron chi connectivity index (χ3n) is 3.38. The molecule has 2 aromatic rings. The highest BCUT2D eigenvalue weighted by Crippen LogP contribution is 2.32. The zero-order valence-corrected chi connectivity index (χ0v) is 12.8. The Hall–Kier alpha value is -2.10. The number of nitrogen functional groups attached to an aromatic ring is 1. The number of aryl methyl sites for hydroxylation is 2. The first-order chi connectivity index (χ1) is 9.40. The highest BCUT2D eigenvalue weighted by atomic mass is 15.2. The molecular formula is C16H22N4. The number of benzene rings is 1. The zero-order chi connectivity index (χ0) is 14.9. The fraction of sp³-hybridized carbons (Fsp3) is 0.375. The van der Waals surface area contributed by atoms with Crippen LogP contribution in [0.1, 0.15) is 36.5 Å². The smallest absolute Gasteiger partial charge is 0.141 e.